The van der Waals surface area contributed by atoms with E-state index in [9.17, 15) is 4.79 Å². The Labute approximate surface area is 148 Å². The number of amides is 1. The number of nitrogens with one attached hydrogen (secondary N) is 1. The molecule has 1 saturated carbocycles. The molecular weight excluding hydrogens is 316 g/mol. The van der Waals surface area contributed by atoms with Crippen molar-refractivity contribution >= 4 is 5.91 Å². The SMILES string of the molecule is Cc1ccc(OCc2ccc(C(=O)NC3CCCC3CN)o2)c(C)c1. The summed E-state index contributed by atoms with van der Waals surface area (Å²) in [4.78, 5) is 12.4. The number of ether oxygens (including phenoxy) is 1. The Kier molecular flexibility index (Phi) is 5.43. The van der Waals surface area contributed by atoms with Crippen molar-refractivity contribution in [2.24, 2.45) is 11.7 Å². The predicted molar refractivity (Wildman–Crippen MR) is 96.6 cm³/mol. The van der Waals surface area contributed by atoms with E-state index in [4.69, 9.17) is 14.9 Å². The van der Waals surface area contributed by atoms with Crippen molar-refractivity contribution in [3.8, 4) is 5.75 Å². The number of aryl methyl sites for hydroxylation is 2. The van der Waals surface area contributed by atoms with Crippen LogP contribution >= 0.6 is 0 Å². The second-order valence-electron chi connectivity index (χ2n) is 6.83. The Bertz CT molecular complexity index is 738. The molecule has 1 aliphatic rings. The number of hydrogen-bond donors (Lipinski definition) is 2. The van der Waals surface area contributed by atoms with Crippen LogP contribution in [-0.2, 0) is 6.61 Å². The highest BCUT2D eigenvalue weighted by atomic mass is 16.5. The number of furan rings is 1. The van der Waals surface area contributed by atoms with E-state index in [1.165, 1.54) is 5.56 Å². The number of carbonyl (C=O) groups excluding carboxylic acids is 1. The van der Waals surface area contributed by atoms with Crippen LogP contribution in [0.1, 0.15) is 46.7 Å². The number of carbonyl (C=O) groups is 1. The first-order chi connectivity index (χ1) is 12.1. The van der Waals surface area contributed by atoms with Crippen LogP contribution in [-0.4, -0.2) is 18.5 Å². The lowest BCUT2D eigenvalue weighted by Gasteiger charge is -2.18. The van der Waals surface area contributed by atoms with Gasteiger partial charge in [0.25, 0.3) is 5.91 Å². The van der Waals surface area contributed by atoms with E-state index in [0.29, 0.717) is 30.6 Å². The Morgan fingerprint density at radius 1 is 1.28 bits per heavy atom. The zero-order chi connectivity index (χ0) is 17.8. The van der Waals surface area contributed by atoms with E-state index in [1.807, 2.05) is 26.0 Å². The first-order valence-electron chi connectivity index (χ1n) is 8.86. The van der Waals surface area contributed by atoms with Crippen molar-refractivity contribution in [1.82, 2.24) is 5.32 Å². The molecule has 2 atom stereocenters. The summed E-state index contributed by atoms with van der Waals surface area (Å²) in [5.41, 5.74) is 8.05. The molecule has 134 valence electrons. The fourth-order valence-corrected chi connectivity index (χ4v) is 3.44. The van der Waals surface area contributed by atoms with Crippen LogP contribution < -0.4 is 15.8 Å². The van der Waals surface area contributed by atoms with Crippen molar-refractivity contribution in [3.63, 3.8) is 0 Å². The molecule has 1 amide bonds. The molecular formula is C20H26N2O3. The molecule has 0 radical (unpaired) electrons. The van der Waals surface area contributed by atoms with E-state index in [0.717, 1.165) is 30.6 Å². The summed E-state index contributed by atoms with van der Waals surface area (Å²) < 4.78 is 11.4. The predicted octanol–water partition coefficient (Wildman–Crippen LogP) is 3.33. The van der Waals surface area contributed by atoms with Gasteiger partial charge in [0.15, 0.2) is 5.76 Å². The van der Waals surface area contributed by atoms with Gasteiger partial charge < -0.3 is 20.2 Å². The summed E-state index contributed by atoms with van der Waals surface area (Å²) in [6.07, 6.45) is 3.17. The molecule has 0 aliphatic heterocycles. The maximum Gasteiger partial charge on any atom is 0.287 e. The van der Waals surface area contributed by atoms with Gasteiger partial charge in [-0.05, 0) is 62.9 Å². The van der Waals surface area contributed by atoms with Gasteiger partial charge in [0.05, 0.1) is 0 Å². The normalized spacial score (nSPS) is 19.8. The van der Waals surface area contributed by atoms with Gasteiger partial charge in [-0.2, -0.15) is 0 Å². The topological polar surface area (TPSA) is 77.5 Å². The molecule has 25 heavy (non-hydrogen) atoms. The van der Waals surface area contributed by atoms with Gasteiger partial charge in [-0.3, -0.25) is 4.79 Å². The molecule has 1 aromatic carbocycles. The second-order valence-corrected chi connectivity index (χ2v) is 6.83. The number of rotatable bonds is 6. The van der Waals surface area contributed by atoms with Crippen LogP contribution in [0, 0.1) is 19.8 Å². The lowest BCUT2D eigenvalue weighted by Crippen LogP contribution is -2.39. The molecule has 0 saturated heterocycles. The third-order valence-electron chi connectivity index (χ3n) is 4.86. The molecule has 2 unspecified atom stereocenters. The summed E-state index contributed by atoms with van der Waals surface area (Å²) in [5.74, 6) is 1.97. The van der Waals surface area contributed by atoms with E-state index >= 15 is 0 Å². The average Bonchev–Trinajstić information content (AvgIpc) is 3.23. The Balaban J connectivity index is 1.57. The molecule has 3 rings (SSSR count). The fraction of sp³-hybridized carbons (Fsp3) is 0.450. The van der Waals surface area contributed by atoms with E-state index in [1.54, 1.807) is 12.1 Å². The zero-order valence-electron chi connectivity index (χ0n) is 14.9. The third kappa shape index (κ3) is 4.23. The quantitative estimate of drug-likeness (QED) is 0.844. The molecule has 1 aromatic heterocycles. The Hall–Kier alpha value is -2.27. The highest BCUT2D eigenvalue weighted by Gasteiger charge is 2.28. The smallest absolute Gasteiger partial charge is 0.287 e. The second kappa shape index (κ2) is 7.74. The van der Waals surface area contributed by atoms with E-state index < -0.39 is 0 Å². The number of nitrogens with two attached hydrogens (primary N) is 1. The van der Waals surface area contributed by atoms with Gasteiger partial charge in [-0.1, -0.05) is 24.1 Å². The lowest BCUT2D eigenvalue weighted by molar-refractivity contribution is 0.0896. The first-order valence-corrected chi connectivity index (χ1v) is 8.86. The minimum Gasteiger partial charge on any atom is -0.485 e. The molecule has 1 heterocycles. The number of benzene rings is 1. The molecule has 5 nitrogen and oxygen atoms in total. The maximum atomic E-state index is 12.4. The molecule has 0 spiro atoms. The van der Waals surface area contributed by atoms with Gasteiger partial charge in [-0.25, -0.2) is 0 Å². The molecule has 2 aromatic rings. The first kappa shape index (κ1) is 17.5. The van der Waals surface area contributed by atoms with Gasteiger partial charge in [-0.15, -0.1) is 0 Å². The Morgan fingerprint density at radius 3 is 2.88 bits per heavy atom. The standard InChI is InChI=1S/C20H26N2O3/c1-13-6-8-18(14(2)10-13)24-12-16-7-9-19(25-16)20(23)22-17-5-3-4-15(17)11-21/h6-10,15,17H,3-5,11-12,21H2,1-2H3,(H,22,23). The van der Waals surface area contributed by atoms with Crippen molar-refractivity contribution in [2.75, 3.05) is 6.54 Å². The van der Waals surface area contributed by atoms with Gasteiger partial charge in [0, 0.05) is 6.04 Å². The largest absolute Gasteiger partial charge is 0.485 e. The minimum absolute atomic E-state index is 0.150. The fourth-order valence-electron chi connectivity index (χ4n) is 3.44. The zero-order valence-corrected chi connectivity index (χ0v) is 14.9. The van der Waals surface area contributed by atoms with Gasteiger partial charge in [0.1, 0.15) is 18.1 Å². The van der Waals surface area contributed by atoms with Crippen LogP contribution in [0.2, 0.25) is 0 Å². The summed E-state index contributed by atoms with van der Waals surface area (Å²) >= 11 is 0. The summed E-state index contributed by atoms with van der Waals surface area (Å²) in [6, 6.07) is 9.67. The maximum absolute atomic E-state index is 12.4. The molecule has 0 bridgehead atoms. The molecule has 1 aliphatic carbocycles. The van der Waals surface area contributed by atoms with Gasteiger partial charge >= 0.3 is 0 Å². The number of hydrogen-bond acceptors (Lipinski definition) is 4. The highest BCUT2D eigenvalue weighted by Crippen LogP contribution is 2.25. The van der Waals surface area contributed by atoms with Crippen molar-refractivity contribution < 1.29 is 13.9 Å². The summed E-state index contributed by atoms with van der Waals surface area (Å²) in [6.45, 7) is 4.97. The van der Waals surface area contributed by atoms with Crippen LogP contribution in [0.5, 0.6) is 5.75 Å². The molecule has 1 fully saturated rings. The lowest BCUT2D eigenvalue weighted by atomic mass is 10.0. The van der Waals surface area contributed by atoms with Crippen molar-refractivity contribution in [3.05, 3.63) is 53.0 Å². The highest BCUT2D eigenvalue weighted by molar-refractivity contribution is 5.91. The van der Waals surface area contributed by atoms with Crippen molar-refractivity contribution in [1.29, 1.82) is 0 Å². The van der Waals surface area contributed by atoms with Crippen LogP contribution in [0.15, 0.2) is 34.7 Å². The third-order valence-corrected chi connectivity index (χ3v) is 4.86. The van der Waals surface area contributed by atoms with Crippen LogP contribution in [0.4, 0.5) is 0 Å². The van der Waals surface area contributed by atoms with E-state index in [-0.39, 0.29) is 11.9 Å². The Morgan fingerprint density at radius 2 is 2.12 bits per heavy atom. The van der Waals surface area contributed by atoms with E-state index in [2.05, 4.69) is 11.4 Å². The molecule has 5 heteroatoms. The minimum atomic E-state index is -0.178. The average molecular weight is 342 g/mol. The van der Waals surface area contributed by atoms with Crippen LogP contribution in [0.25, 0.3) is 0 Å². The van der Waals surface area contributed by atoms with Gasteiger partial charge in [0.2, 0.25) is 0 Å². The molecule has 3 N–H and O–H groups in total. The van der Waals surface area contributed by atoms with Crippen molar-refractivity contribution in [2.45, 2.75) is 45.8 Å². The monoisotopic (exact) mass is 342 g/mol. The van der Waals surface area contributed by atoms with Crippen LogP contribution in [0.3, 0.4) is 0 Å². The summed E-state index contributed by atoms with van der Waals surface area (Å²) in [5, 5.41) is 3.05. The summed E-state index contributed by atoms with van der Waals surface area (Å²) in [7, 11) is 0.